The summed E-state index contributed by atoms with van der Waals surface area (Å²) in [5.41, 5.74) is -0.251. The number of thiocarbonyl (C=S) groups is 1. The van der Waals surface area contributed by atoms with Crippen LogP contribution in [0.5, 0.6) is 0 Å². The Morgan fingerprint density at radius 2 is 1.79 bits per heavy atom. The summed E-state index contributed by atoms with van der Waals surface area (Å²) in [7, 11) is 3.67. The second-order valence-corrected chi connectivity index (χ2v) is 4.02. The lowest BCUT2D eigenvalue weighted by molar-refractivity contribution is 0.124. The Balaban J connectivity index is 3.02. The van der Waals surface area contributed by atoms with Gasteiger partial charge in [0.15, 0.2) is 0 Å². The largest absolute Gasteiger partial charge is 0.378 e. The maximum atomic E-state index is 10.2. The number of likely N-dealkylation sites (N-methyl/N-ethyl adjacent to an activating group) is 1. The van der Waals surface area contributed by atoms with Crippen LogP contribution in [0, 0.1) is 0 Å². The van der Waals surface area contributed by atoms with Crippen molar-refractivity contribution in [2.24, 2.45) is 0 Å². The highest BCUT2D eigenvalue weighted by atomic mass is 32.1. The molecule has 0 amide bonds. The summed E-state index contributed by atoms with van der Waals surface area (Å²) < 4.78 is 0. The molecule has 0 heterocycles. The van der Waals surface area contributed by atoms with Gasteiger partial charge in [-0.3, -0.25) is 0 Å². The van der Waals surface area contributed by atoms with Crippen molar-refractivity contribution in [2.75, 3.05) is 14.1 Å². The van der Waals surface area contributed by atoms with Gasteiger partial charge in [-0.15, -0.1) is 0 Å². The first-order valence-electron chi connectivity index (χ1n) is 4.46. The number of rotatable bonds is 2. The Hall–Kier alpha value is -0.930. The Morgan fingerprint density at radius 1 is 1.29 bits per heavy atom. The van der Waals surface area contributed by atoms with Crippen LogP contribution in [0.15, 0.2) is 30.3 Å². The van der Waals surface area contributed by atoms with E-state index in [0.717, 1.165) is 5.56 Å². The molecule has 0 aromatic heterocycles. The van der Waals surface area contributed by atoms with Gasteiger partial charge in [-0.1, -0.05) is 42.5 Å². The molecule has 3 heteroatoms. The van der Waals surface area contributed by atoms with E-state index in [0.29, 0.717) is 4.99 Å². The molecule has 1 N–H and O–H groups in total. The molecule has 0 aliphatic rings. The van der Waals surface area contributed by atoms with Crippen LogP contribution in [-0.2, 0) is 5.60 Å². The zero-order valence-corrected chi connectivity index (χ0v) is 9.51. The number of benzene rings is 1. The molecule has 0 fully saturated rings. The average Bonchev–Trinajstić information content (AvgIpc) is 2.18. The van der Waals surface area contributed by atoms with Crippen molar-refractivity contribution in [1.82, 2.24) is 4.90 Å². The lowest BCUT2D eigenvalue weighted by atomic mass is 9.95. The van der Waals surface area contributed by atoms with E-state index < -0.39 is 5.60 Å². The van der Waals surface area contributed by atoms with E-state index in [9.17, 15) is 5.11 Å². The molecule has 0 saturated heterocycles. The molecule has 0 aliphatic carbocycles. The lowest BCUT2D eigenvalue weighted by Crippen LogP contribution is -2.39. The highest BCUT2D eigenvalue weighted by molar-refractivity contribution is 7.80. The third-order valence-electron chi connectivity index (χ3n) is 2.16. The van der Waals surface area contributed by atoms with Gasteiger partial charge in [0.1, 0.15) is 10.6 Å². The van der Waals surface area contributed by atoms with E-state index in [4.69, 9.17) is 12.2 Å². The number of hydrogen-bond acceptors (Lipinski definition) is 2. The van der Waals surface area contributed by atoms with Crippen LogP contribution in [0.4, 0.5) is 0 Å². The van der Waals surface area contributed by atoms with Gasteiger partial charge in [0.25, 0.3) is 0 Å². The summed E-state index contributed by atoms with van der Waals surface area (Å²) in [6.45, 7) is 1.71. The van der Waals surface area contributed by atoms with Gasteiger partial charge < -0.3 is 10.0 Å². The van der Waals surface area contributed by atoms with Crippen LogP contribution < -0.4 is 0 Å². The molecule has 1 rings (SSSR count). The fourth-order valence-corrected chi connectivity index (χ4v) is 1.44. The van der Waals surface area contributed by atoms with Crippen LogP contribution in [0.25, 0.3) is 0 Å². The van der Waals surface area contributed by atoms with E-state index in [1.807, 2.05) is 44.4 Å². The van der Waals surface area contributed by atoms with Crippen molar-refractivity contribution in [3.05, 3.63) is 35.9 Å². The predicted octanol–water partition coefficient (Wildman–Crippen LogP) is 1.78. The predicted molar refractivity (Wildman–Crippen MR) is 62.3 cm³/mol. The first-order chi connectivity index (χ1) is 6.46. The van der Waals surface area contributed by atoms with Crippen LogP contribution in [-0.4, -0.2) is 29.1 Å². The van der Waals surface area contributed by atoms with Gasteiger partial charge in [-0.05, 0) is 12.5 Å². The molecule has 0 aliphatic heterocycles. The molecule has 1 aromatic rings. The minimum atomic E-state index is -1.07. The van der Waals surface area contributed by atoms with Crippen LogP contribution in [0.3, 0.4) is 0 Å². The first-order valence-corrected chi connectivity index (χ1v) is 4.86. The van der Waals surface area contributed by atoms with Crippen molar-refractivity contribution >= 4 is 17.2 Å². The second kappa shape index (κ2) is 4.07. The Morgan fingerprint density at radius 3 is 2.21 bits per heavy atom. The minimum absolute atomic E-state index is 0.517. The van der Waals surface area contributed by atoms with Gasteiger partial charge >= 0.3 is 0 Å². The van der Waals surface area contributed by atoms with E-state index >= 15 is 0 Å². The molecule has 0 radical (unpaired) electrons. The second-order valence-electron chi connectivity index (χ2n) is 3.64. The van der Waals surface area contributed by atoms with Gasteiger partial charge in [0, 0.05) is 14.1 Å². The Kier molecular flexibility index (Phi) is 3.24. The third kappa shape index (κ3) is 2.11. The van der Waals surface area contributed by atoms with Crippen molar-refractivity contribution in [3.8, 4) is 0 Å². The van der Waals surface area contributed by atoms with Gasteiger partial charge in [0.05, 0.1) is 0 Å². The molecule has 1 atom stereocenters. The molecule has 14 heavy (non-hydrogen) atoms. The van der Waals surface area contributed by atoms with E-state index in [1.54, 1.807) is 11.8 Å². The Bertz CT molecular complexity index is 319. The van der Waals surface area contributed by atoms with Crippen molar-refractivity contribution < 1.29 is 5.11 Å². The summed E-state index contributed by atoms with van der Waals surface area (Å²) in [6, 6.07) is 9.44. The van der Waals surface area contributed by atoms with Gasteiger partial charge in [-0.2, -0.15) is 0 Å². The molecule has 2 nitrogen and oxygen atoms in total. The summed E-state index contributed by atoms with van der Waals surface area (Å²) >= 11 is 5.17. The molecular formula is C11H15NOS. The smallest absolute Gasteiger partial charge is 0.137 e. The normalized spacial score (nSPS) is 14.6. The SMILES string of the molecule is CN(C)C(=S)[C@](C)(O)c1ccccc1. The molecule has 0 unspecified atom stereocenters. The van der Waals surface area contributed by atoms with Crippen LogP contribution >= 0.6 is 12.2 Å². The van der Waals surface area contributed by atoms with E-state index in [1.165, 1.54) is 0 Å². The molecule has 1 aromatic carbocycles. The van der Waals surface area contributed by atoms with Crippen molar-refractivity contribution in [2.45, 2.75) is 12.5 Å². The van der Waals surface area contributed by atoms with Crippen molar-refractivity contribution in [3.63, 3.8) is 0 Å². The zero-order chi connectivity index (χ0) is 10.8. The summed E-state index contributed by atoms with van der Waals surface area (Å²) in [5.74, 6) is 0. The quantitative estimate of drug-likeness (QED) is 0.751. The fourth-order valence-electron chi connectivity index (χ4n) is 1.32. The van der Waals surface area contributed by atoms with E-state index in [-0.39, 0.29) is 0 Å². The number of aliphatic hydroxyl groups is 1. The highest BCUT2D eigenvalue weighted by Crippen LogP contribution is 2.22. The molecule has 0 saturated carbocycles. The average molecular weight is 209 g/mol. The number of hydrogen-bond donors (Lipinski definition) is 1. The third-order valence-corrected chi connectivity index (χ3v) is 2.92. The van der Waals surface area contributed by atoms with Crippen LogP contribution in [0.1, 0.15) is 12.5 Å². The standard InChI is InChI=1S/C11H15NOS/c1-11(13,10(14)12(2)3)9-7-5-4-6-8-9/h4-8,13H,1-3H3/t11-/m1/s1. The molecule has 0 spiro atoms. The molecule has 76 valence electrons. The maximum absolute atomic E-state index is 10.2. The van der Waals surface area contributed by atoms with E-state index in [2.05, 4.69) is 0 Å². The van der Waals surface area contributed by atoms with Crippen molar-refractivity contribution in [1.29, 1.82) is 0 Å². The highest BCUT2D eigenvalue weighted by Gasteiger charge is 2.29. The summed E-state index contributed by atoms with van der Waals surface area (Å²) in [4.78, 5) is 2.27. The monoisotopic (exact) mass is 209 g/mol. The fraction of sp³-hybridized carbons (Fsp3) is 0.364. The Labute approximate surface area is 90.2 Å². The van der Waals surface area contributed by atoms with Gasteiger partial charge in [-0.25, -0.2) is 0 Å². The minimum Gasteiger partial charge on any atom is -0.378 e. The lowest BCUT2D eigenvalue weighted by Gasteiger charge is -2.29. The van der Waals surface area contributed by atoms with Crippen LogP contribution in [0.2, 0.25) is 0 Å². The topological polar surface area (TPSA) is 23.5 Å². The van der Waals surface area contributed by atoms with Gasteiger partial charge in [0.2, 0.25) is 0 Å². The summed E-state index contributed by atoms with van der Waals surface area (Å²) in [5, 5.41) is 10.2. The first kappa shape index (κ1) is 11.1. The molecule has 0 bridgehead atoms. The zero-order valence-electron chi connectivity index (χ0n) is 8.69. The number of nitrogens with zero attached hydrogens (tertiary/aromatic N) is 1. The molecular weight excluding hydrogens is 194 g/mol. The maximum Gasteiger partial charge on any atom is 0.137 e. The summed E-state index contributed by atoms with van der Waals surface area (Å²) in [6.07, 6.45) is 0.